The molecule has 1 aliphatic heterocycles. The first-order chi connectivity index (χ1) is 15.5. The van der Waals surface area contributed by atoms with E-state index < -0.39 is 9.84 Å². The Labute approximate surface area is 200 Å². The molecule has 1 saturated heterocycles. The van der Waals surface area contributed by atoms with Crippen LogP contribution in [0.1, 0.15) is 0 Å². The summed E-state index contributed by atoms with van der Waals surface area (Å²) in [6.45, 7) is 2.13. The van der Waals surface area contributed by atoms with Crippen molar-refractivity contribution >= 4 is 54.6 Å². The third-order valence-electron chi connectivity index (χ3n) is 5.53. The van der Waals surface area contributed by atoms with Crippen LogP contribution in [0, 0.1) is 0 Å². The summed E-state index contributed by atoms with van der Waals surface area (Å²) >= 11 is 1.63. The zero-order chi connectivity index (χ0) is 22.1. The van der Waals surface area contributed by atoms with E-state index in [0.717, 1.165) is 10.1 Å². The minimum Gasteiger partial charge on any atom is -0.492 e. The maximum absolute atomic E-state index is 11.5. The summed E-state index contributed by atoms with van der Waals surface area (Å²) in [5.74, 6) is 1.52. The van der Waals surface area contributed by atoms with Crippen molar-refractivity contribution in [2.24, 2.45) is 5.16 Å². The second-order valence-electron chi connectivity index (χ2n) is 7.62. The number of fused-ring (bicyclic) bond motifs is 2. The predicted molar refractivity (Wildman–Crippen MR) is 130 cm³/mol. The van der Waals surface area contributed by atoms with Crippen LogP contribution in [-0.2, 0) is 9.84 Å². The normalized spacial score (nSPS) is 16.7. The second-order valence-corrected chi connectivity index (χ2v) is 10.9. The molecule has 3 aromatic heterocycles. The highest BCUT2D eigenvalue weighted by atomic mass is 35.5. The first kappa shape index (κ1) is 23.5. The minimum absolute atomic E-state index is 0. The molecular weight excluding hydrogens is 486 g/mol. The first-order valence-corrected chi connectivity index (χ1v) is 12.9. The van der Waals surface area contributed by atoms with Gasteiger partial charge in [0.25, 0.3) is 0 Å². The number of pyridine rings is 1. The van der Waals surface area contributed by atoms with Gasteiger partial charge in [-0.25, -0.2) is 8.42 Å². The van der Waals surface area contributed by atoms with E-state index >= 15 is 0 Å². The molecule has 0 aliphatic carbocycles. The van der Waals surface area contributed by atoms with Crippen LogP contribution < -0.4 is 10.1 Å². The Hall–Kier alpha value is -2.66. The number of aromatic nitrogens is 1. The molecule has 0 amide bonds. The van der Waals surface area contributed by atoms with Crippen molar-refractivity contribution in [1.29, 1.82) is 0 Å². The fourth-order valence-corrected chi connectivity index (χ4v) is 5.78. The van der Waals surface area contributed by atoms with Gasteiger partial charge in [-0.1, -0.05) is 5.16 Å². The molecule has 174 valence electrons. The topological polar surface area (TPSA) is 105 Å². The van der Waals surface area contributed by atoms with E-state index in [0.29, 0.717) is 59.8 Å². The highest BCUT2D eigenvalue weighted by Gasteiger charge is 2.21. The summed E-state index contributed by atoms with van der Waals surface area (Å²) in [7, 11) is -2.89. The van der Waals surface area contributed by atoms with Gasteiger partial charge in [0.05, 0.1) is 16.9 Å². The summed E-state index contributed by atoms with van der Waals surface area (Å²) in [5.41, 5.74) is 1.22. The molecule has 1 N–H and O–H groups in total. The Morgan fingerprint density at radius 2 is 2.00 bits per heavy atom. The number of benzene rings is 1. The molecule has 4 heterocycles. The van der Waals surface area contributed by atoms with Crippen molar-refractivity contribution < 1.29 is 22.8 Å². The van der Waals surface area contributed by atoms with E-state index in [1.54, 1.807) is 41.8 Å². The fraction of sp³-hybridized carbons (Fsp3) is 0.273. The molecule has 11 heteroatoms. The molecule has 0 atom stereocenters. The Kier molecular flexibility index (Phi) is 6.89. The van der Waals surface area contributed by atoms with Crippen LogP contribution in [0.25, 0.3) is 32.5 Å². The van der Waals surface area contributed by atoms with Crippen LogP contribution in [0.5, 0.6) is 5.75 Å². The number of thiophene rings is 1. The van der Waals surface area contributed by atoms with E-state index in [1.807, 2.05) is 17.5 Å². The van der Waals surface area contributed by atoms with Gasteiger partial charge < -0.3 is 14.4 Å². The molecule has 5 rings (SSSR count). The van der Waals surface area contributed by atoms with E-state index in [1.165, 1.54) is 0 Å². The maximum Gasteiger partial charge on any atom is 0.155 e. The zero-order valence-corrected chi connectivity index (χ0v) is 20.0. The number of rotatable bonds is 5. The molecule has 0 saturated carbocycles. The summed E-state index contributed by atoms with van der Waals surface area (Å²) in [6, 6.07) is 11.0. The molecule has 1 aromatic carbocycles. The lowest BCUT2D eigenvalue weighted by Gasteiger charge is -2.26. The van der Waals surface area contributed by atoms with Gasteiger partial charge in [0.15, 0.2) is 15.6 Å². The average Bonchev–Trinajstić information content (AvgIpc) is 3.27. The minimum atomic E-state index is -2.89. The van der Waals surface area contributed by atoms with Crippen molar-refractivity contribution in [3.05, 3.63) is 53.3 Å². The van der Waals surface area contributed by atoms with E-state index in [2.05, 4.69) is 15.0 Å². The molecule has 0 radical (unpaired) electrons. The van der Waals surface area contributed by atoms with E-state index in [4.69, 9.17) is 9.15 Å². The van der Waals surface area contributed by atoms with Crippen LogP contribution in [-0.4, -0.2) is 61.3 Å². The van der Waals surface area contributed by atoms with Crippen molar-refractivity contribution in [3.63, 3.8) is 0 Å². The highest BCUT2D eigenvalue weighted by molar-refractivity contribution is 7.91. The third-order valence-corrected chi connectivity index (χ3v) is 8.01. The standard InChI is InChI=1S/C22H21N3O5S2.ClH/c26-24-18-12-21(19-13-22-15(14-23-19)3-8-31-22)30-20-2-1-16(11-17(18)20)29-7-4-25-5-9-32(27,28)10-6-25;/h1-3,8,11-14,26H,4-7,9-10H2;1H/b24-18-;. The van der Waals surface area contributed by atoms with Crippen LogP contribution in [0.4, 0.5) is 0 Å². The van der Waals surface area contributed by atoms with Crippen LogP contribution in [0.15, 0.2) is 57.5 Å². The number of sulfone groups is 1. The van der Waals surface area contributed by atoms with Crippen LogP contribution >= 0.6 is 23.7 Å². The van der Waals surface area contributed by atoms with Gasteiger partial charge in [-0.3, -0.25) is 9.88 Å². The Balaban J connectivity index is 0.00000259. The highest BCUT2D eigenvalue weighted by Crippen LogP contribution is 2.27. The summed E-state index contributed by atoms with van der Waals surface area (Å²) in [6.07, 6.45) is 1.80. The lowest BCUT2D eigenvalue weighted by atomic mass is 10.1. The first-order valence-electron chi connectivity index (χ1n) is 10.2. The van der Waals surface area contributed by atoms with Crippen LogP contribution in [0.3, 0.4) is 0 Å². The molecule has 1 aliphatic rings. The van der Waals surface area contributed by atoms with Gasteiger partial charge in [0, 0.05) is 42.0 Å². The molecule has 0 bridgehead atoms. The van der Waals surface area contributed by atoms with Crippen molar-refractivity contribution in [2.45, 2.75) is 0 Å². The summed E-state index contributed by atoms with van der Waals surface area (Å²) in [4.78, 5) is 6.54. The number of hydrogen-bond donors (Lipinski definition) is 1. The molecule has 0 spiro atoms. The van der Waals surface area contributed by atoms with Crippen molar-refractivity contribution in [2.75, 3.05) is 37.7 Å². The van der Waals surface area contributed by atoms with Gasteiger partial charge in [-0.15, -0.1) is 23.7 Å². The lowest BCUT2D eigenvalue weighted by molar-refractivity contribution is 0.219. The number of nitrogens with zero attached hydrogens (tertiary/aromatic N) is 3. The smallest absolute Gasteiger partial charge is 0.155 e. The summed E-state index contributed by atoms with van der Waals surface area (Å²) in [5, 5.41) is 17.1. The zero-order valence-electron chi connectivity index (χ0n) is 17.5. The second kappa shape index (κ2) is 9.68. The molecule has 33 heavy (non-hydrogen) atoms. The van der Waals surface area contributed by atoms with Gasteiger partial charge in [-0.2, -0.15) is 0 Å². The number of ether oxygens (including phenoxy) is 1. The predicted octanol–water partition coefficient (Wildman–Crippen LogP) is 3.53. The third kappa shape index (κ3) is 5.14. The van der Waals surface area contributed by atoms with Crippen molar-refractivity contribution in [3.8, 4) is 17.2 Å². The van der Waals surface area contributed by atoms with E-state index in [-0.39, 0.29) is 23.9 Å². The molecule has 8 nitrogen and oxygen atoms in total. The Bertz CT molecular complexity index is 1450. The largest absolute Gasteiger partial charge is 0.492 e. The van der Waals surface area contributed by atoms with Gasteiger partial charge in [-0.05, 0) is 35.7 Å². The molecule has 4 aromatic rings. The Morgan fingerprint density at radius 1 is 1.18 bits per heavy atom. The molecule has 0 unspecified atom stereocenters. The summed E-state index contributed by atoms with van der Waals surface area (Å²) < 4.78 is 36.1. The monoisotopic (exact) mass is 507 g/mol. The van der Waals surface area contributed by atoms with Gasteiger partial charge in [0.1, 0.15) is 29.0 Å². The van der Waals surface area contributed by atoms with Crippen LogP contribution in [0.2, 0.25) is 0 Å². The molecular formula is C22H22ClN3O5S2. The number of hydrogen-bond acceptors (Lipinski definition) is 9. The van der Waals surface area contributed by atoms with Gasteiger partial charge in [0.2, 0.25) is 0 Å². The van der Waals surface area contributed by atoms with Crippen molar-refractivity contribution in [1.82, 2.24) is 9.88 Å². The fourth-order valence-electron chi connectivity index (χ4n) is 3.70. The number of halogens is 1. The SMILES string of the molecule is Cl.O=S1(=O)CCN(CCOc2ccc3oc(-c4cc5sccc5cn4)c/c(=N/O)c3c2)CC1. The molecule has 1 fully saturated rings. The van der Waals surface area contributed by atoms with Gasteiger partial charge >= 0.3 is 0 Å². The average molecular weight is 508 g/mol. The quantitative estimate of drug-likeness (QED) is 0.325. The Morgan fingerprint density at radius 3 is 2.79 bits per heavy atom. The maximum atomic E-state index is 11.5. The lowest BCUT2D eigenvalue weighted by Crippen LogP contribution is -2.42. The van der Waals surface area contributed by atoms with E-state index in [9.17, 15) is 13.6 Å².